The van der Waals surface area contributed by atoms with Crippen molar-refractivity contribution in [1.29, 1.82) is 0 Å². The van der Waals surface area contributed by atoms with E-state index in [0.717, 1.165) is 37.9 Å². The lowest BCUT2D eigenvalue weighted by Crippen LogP contribution is -2.36. The highest BCUT2D eigenvalue weighted by Crippen LogP contribution is 2.36. The van der Waals surface area contributed by atoms with Gasteiger partial charge < -0.3 is 9.80 Å². The molecule has 3 nitrogen and oxygen atoms in total. The molecule has 3 rings (SSSR count). The zero-order valence-electron chi connectivity index (χ0n) is 13.7. The van der Waals surface area contributed by atoms with Crippen molar-refractivity contribution in [1.82, 2.24) is 9.80 Å². The number of piperidine rings is 1. The molecule has 2 heterocycles. The third-order valence-corrected chi connectivity index (χ3v) is 5.90. The van der Waals surface area contributed by atoms with E-state index in [4.69, 9.17) is 0 Å². The Balaban J connectivity index is 1.47. The minimum absolute atomic E-state index is 0.428. The van der Waals surface area contributed by atoms with Gasteiger partial charge in [0.1, 0.15) is 0 Å². The summed E-state index contributed by atoms with van der Waals surface area (Å²) >= 11 is 0. The van der Waals surface area contributed by atoms with Gasteiger partial charge >= 0.3 is 0 Å². The Hall–Kier alpha value is -0.830. The van der Waals surface area contributed by atoms with Gasteiger partial charge in [0.15, 0.2) is 0 Å². The van der Waals surface area contributed by atoms with Gasteiger partial charge in [0, 0.05) is 19.5 Å². The molecule has 0 radical (unpaired) electrons. The van der Waals surface area contributed by atoms with Crippen LogP contribution >= 0.6 is 0 Å². The fourth-order valence-electron chi connectivity index (χ4n) is 4.37. The monoisotopic (exact) mass is 290 g/mol. The topological polar surface area (TPSA) is 23.6 Å². The second-order valence-electron chi connectivity index (χ2n) is 7.39. The number of allylic oxidation sites excluding steroid dienone is 2. The van der Waals surface area contributed by atoms with Gasteiger partial charge in [0.05, 0.1) is 0 Å². The molecule has 0 bridgehead atoms. The normalized spacial score (nSPS) is 31.1. The molecular weight excluding hydrogens is 260 g/mol. The molecule has 1 amide bonds. The van der Waals surface area contributed by atoms with E-state index in [9.17, 15) is 4.79 Å². The number of rotatable bonds is 3. The summed E-state index contributed by atoms with van der Waals surface area (Å²) < 4.78 is 0. The molecule has 2 atom stereocenters. The summed E-state index contributed by atoms with van der Waals surface area (Å²) in [6.45, 7) is 10.0. The summed E-state index contributed by atoms with van der Waals surface area (Å²) in [5, 5.41) is 0. The first kappa shape index (κ1) is 15.1. The molecule has 0 aromatic carbocycles. The van der Waals surface area contributed by atoms with E-state index in [1.54, 1.807) is 0 Å². The van der Waals surface area contributed by atoms with Crippen molar-refractivity contribution in [3.63, 3.8) is 0 Å². The molecule has 0 unspecified atom stereocenters. The summed E-state index contributed by atoms with van der Waals surface area (Å²) in [4.78, 5) is 17.3. The summed E-state index contributed by atoms with van der Waals surface area (Å²) in [5.74, 6) is 2.53. The molecule has 0 aromatic rings. The van der Waals surface area contributed by atoms with Gasteiger partial charge in [-0.2, -0.15) is 0 Å². The van der Waals surface area contributed by atoms with E-state index >= 15 is 0 Å². The maximum absolute atomic E-state index is 12.6. The lowest BCUT2D eigenvalue weighted by molar-refractivity contribution is -0.131. The van der Waals surface area contributed by atoms with Gasteiger partial charge in [0.25, 0.3) is 0 Å². The van der Waals surface area contributed by atoms with Crippen LogP contribution in [0.25, 0.3) is 0 Å². The maximum atomic E-state index is 12.6. The Morgan fingerprint density at radius 2 is 1.95 bits per heavy atom. The fourth-order valence-corrected chi connectivity index (χ4v) is 4.37. The van der Waals surface area contributed by atoms with Crippen molar-refractivity contribution in [2.75, 3.05) is 32.7 Å². The molecule has 0 spiro atoms. The van der Waals surface area contributed by atoms with Gasteiger partial charge in [-0.1, -0.05) is 18.6 Å². The molecule has 3 aliphatic rings. The van der Waals surface area contributed by atoms with Crippen molar-refractivity contribution >= 4 is 5.91 Å². The van der Waals surface area contributed by atoms with E-state index in [0.29, 0.717) is 11.8 Å². The molecular formula is C18H30N2O. The Kier molecular flexibility index (Phi) is 4.68. The van der Waals surface area contributed by atoms with Crippen molar-refractivity contribution in [3.8, 4) is 0 Å². The number of amides is 1. The van der Waals surface area contributed by atoms with Crippen molar-refractivity contribution in [3.05, 3.63) is 11.6 Å². The van der Waals surface area contributed by atoms with Crippen molar-refractivity contribution < 1.29 is 4.79 Å². The smallest absolute Gasteiger partial charge is 0.222 e. The number of carbonyl (C=O) groups is 1. The number of carbonyl (C=O) groups excluding carboxylic acids is 1. The summed E-state index contributed by atoms with van der Waals surface area (Å²) in [6, 6.07) is 0. The van der Waals surface area contributed by atoms with Gasteiger partial charge in [-0.3, -0.25) is 4.79 Å². The van der Waals surface area contributed by atoms with Crippen molar-refractivity contribution in [2.24, 2.45) is 17.8 Å². The predicted octanol–water partition coefficient (Wildman–Crippen LogP) is 2.92. The van der Waals surface area contributed by atoms with Crippen LogP contribution in [0.3, 0.4) is 0 Å². The Bertz CT molecular complexity index is 409. The molecule has 21 heavy (non-hydrogen) atoms. The first-order valence-electron chi connectivity index (χ1n) is 8.81. The molecule has 0 saturated carbocycles. The summed E-state index contributed by atoms with van der Waals surface area (Å²) in [5.41, 5.74) is 1.53. The first-order valence-corrected chi connectivity index (χ1v) is 8.81. The zero-order valence-corrected chi connectivity index (χ0v) is 13.7. The lowest BCUT2D eigenvalue weighted by atomic mass is 9.83. The van der Waals surface area contributed by atoms with Crippen LogP contribution in [0.5, 0.6) is 0 Å². The Morgan fingerprint density at radius 1 is 1.24 bits per heavy atom. The molecule has 0 N–H and O–H groups in total. The largest absolute Gasteiger partial charge is 0.342 e. The molecule has 1 aliphatic carbocycles. The van der Waals surface area contributed by atoms with Crippen LogP contribution in [-0.2, 0) is 4.79 Å². The third kappa shape index (κ3) is 3.50. The number of hydrogen-bond acceptors (Lipinski definition) is 2. The SMILES string of the molecule is CCN1CCC(CC(=O)N2C[C@H]3CC(C)=CC[C@H]3C2)CC1. The van der Waals surface area contributed by atoms with Crippen LogP contribution in [0.2, 0.25) is 0 Å². The van der Waals surface area contributed by atoms with Gasteiger partial charge in [-0.25, -0.2) is 0 Å². The van der Waals surface area contributed by atoms with Crippen LogP contribution in [-0.4, -0.2) is 48.4 Å². The van der Waals surface area contributed by atoms with Crippen LogP contribution < -0.4 is 0 Å². The fraction of sp³-hybridized carbons (Fsp3) is 0.833. The molecule has 2 aliphatic heterocycles. The predicted molar refractivity (Wildman–Crippen MR) is 86.0 cm³/mol. The summed E-state index contributed by atoms with van der Waals surface area (Å²) in [7, 11) is 0. The minimum Gasteiger partial charge on any atom is -0.342 e. The van der Waals surface area contributed by atoms with E-state index in [1.807, 2.05) is 0 Å². The van der Waals surface area contributed by atoms with Crippen LogP contribution in [0.4, 0.5) is 0 Å². The minimum atomic E-state index is 0.428. The average molecular weight is 290 g/mol. The first-order chi connectivity index (χ1) is 10.2. The zero-order chi connectivity index (χ0) is 14.8. The average Bonchev–Trinajstić information content (AvgIpc) is 2.91. The van der Waals surface area contributed by atoms with E-state index in [-0.39, 0.29) is 0 Å². The second kappa shape index (κ2) is 6.51. The number of likely N-dealkylation sites (tertiary alicyclic amines) is 2. The third-order valence-electron chi connectivity index (χ3n) is 5.90. The highest BCUT2D eigenvalue weighted by atomic mass is 16.2. The quantitative estimate of drug-likeness (QED) is 0.746. The number of fused-ring (bicyclic) bond motifs is 1. The van der Waals surface area contributed by atoms with E-state index < -0.39 is 0 Å². The molecule has 3 heteroatoms. The van der Waals surface area contributed by atoms with Crippen LogP contribution in [0.15, 0.2) is 11.6 Å². The lowest BCUT2D eigenvalue weighted by Gasteiger charge is -2.31. The molecule has 0 aromatic heterocycles. The van der Waals surface area contributed by atoms with Gasteiger partial charge in [-0.15, -0.1) is 0 Å². The standard InChI is InChI=1S/C18H30N2O/c1-3-19-8-6-15(7-9-19)11-18(21)20-12-16-5-4-14(2)10-17(16)13-20/h4,15-17H,3,5-13H2,1-2H3/t16-,17+/m0/s1. The van der Waals surface area contributed by atoms with E-state index in [1.165, 1.54) is 44.3 Å². The molecule has 2 saturated heterocycles. The summed E-state index contributed by atoms with van der Waals surface area (Å²) in [6.07, 6.45) is 8.00. The second-order valence-corrected chi connectivity index (χ2v) is 7.39. The van der Waals surface area contributed by atoms with Crippen molar-refractivity contribution in [2.45, 2.75) is 46.0 Å². The Labute approximate surface area is 129 Å². The highest BCUT2D eigenvalue weighted by Gasteiger charge is 2.36. The molecule has 118 valence electrons. The molecule has 2 fully saturated rings. The maximum Gasteiger partial charge on any atom is 0.222 e. The number of nitrogens with zero attached hydrogens (tertiary/aromatic N) is 2. The van der Waals surface area contributed by atoms with Crippen LogP contribution in [0.1, 0.15) is 46.0 Å². The highest BCUT2D eigenvalue weighted by molar-refractivity contribution is 5.76. The Morgan fingerprint density at radius 3 is 2.67 bits per heavy atom. The van der Waals surface area contributed by atoms with Gasteiger partial charge in [-0.05, 0) is 70.0 Å². The van der Waals surface area contributed by atoms with Gasteiger partial charge in [0.2, 0.25) is 5.91 Å². The van der Waals surface area contributed by atoms with Crippen LogP contribution in [0, 0.1) is 17.8 Å². The number of hydrogen-bond donors (Lipinski definition) is 0. The van der Waals surface area contributed by atoms with E-state index in [2.05, 4.69) is 29.7 Å².